The summed E-state index contributed by atoms with van der Waals surface area (Å²) in [6, 6.07) is 12.6. The molecule has 3 rings (SSSR count). The van der Waals surface area contributed by atoms with E-state index >= 15 is 0 Å². The van der Waals surface area contributed by atoms with Gasteiger partial charge in [-0.3, -0.25) is 4.79 Å². The average Bonchev–Trinajstić information content (AvgIpc) is 2.73. The van der Waals surface area contributed by atoms with Gasteiger partial charge in [-0.25, -0.2) is 0 Å². The molecule has 0 spiro atoms. The molecule has 2 aromatic carbocycles. The van der Waals surface area contributed by atoms with Crippen LogP contribution in [0.15, 0.2) is 49.0 Å². The molecule has 0 saturated heterocycles. The molecule has 0 saturated carbocycles. The van der Waals surface area contributed by atoms with Gasteiger partial charge in [0.25, 0.3) is 5.91 Å². The van der Waals surface area contributed by atoms with Gasteiger partial charge in [-0.05, 0) is 23.8 Å². The van der Waals surface area contributed by atoms with E-state index in [1.165, 1.54) is 0 Å². The van der Waals surface area contributed by atoms with Crippen molar-refractivity contribution in [3.05, 3.63) is 65.7 Å². The first-order valence-corrected chi connectivity index (χ1v) is 6.30. The first-order valence-electron chi connectivity index (χ1n) is 6.30. The van der Waals surface area contributed by atoms with Gasteiger partial charge in [-0.15, -0.1) is 0 Å². The van der Waals surface area contributed by atoms with E-state index in [0.29, 0.717) is 17.8 Å². The minimum absolute atomic E-state index is 0.135. The first-order chi connectivity index (χ1) is 9.65. The lowest BCUT2D eigenvalue weighted by Gasteiger charge is -2.10. The maximum absolute atomic E-state index is 11.9. The number of anilines is 1. The maximum Gasteiger partial charge on any atom is 0.258 e. The number of carbonyl (C=O) groups excluding carboxylic acids is 1. The van der Waals surface area contributed by atoms with Crippen LogP contribution < -0.4 is 10.6 Å². The molecule has 3 N–H and O–H groups in total. The summed E-state index contributed by atoms with van der Waals surface area (Å²) in [4.78, 5) is 11.9. The molecule has 0 radical (unpaired) electrons. The third-order valence-corrected chi connectivity index (χ3v) is 3.27. The molecule has 1 aliphatic rings. The third kappa shape index (κ3) is 2.12. The van der Waals surface area contributed by atoms with E-state index < -0.39 is 0 Å². The van der Waals surface area contributed by atoms with Crippen LogP contribution in [-0.4, -0.2) is 11.0 Å². The molecule has 4 nitrogen and oxygen atoms in total. The van der Waals surface area contributed by atoms with Crippen molar-refractivity contribution in [3.8, 4) is 5.75 Å². The Balaban J connectivity index is 1.86. The largest absolute Gasteiger partial charge is 0.508 e. The van der Waals surface area contributed by atoms with Gasteiger partial charge in [-0.2, -0.15) is 0 Å². The highest BCUT2D eigenvalue weighted by atomic mass is 16.3. The quantitative estimate of drug-likeness (QED) is 0.800. The zero-order valence-electron chi connectivity index (χ0n) is 10.8. The highest BCUT2D eigenvalue weighted by Gasteiger charge is 2.24. The van der Waals surface area contributed by atoms with Gasteiger partial charge >= 0.3 is 0 Å². The van der Waals surface area contributed by atoms with Gasteiger partial charge in [0.05, 0.1) is 5.56 Å². The summed E-state index contributed by atoms with van der Waals surface area (Å²) in [5, 5.41) is 15.4. The van der Waals surface area contributed by atoms with Crippen LogP contribution in [0.3, 0.4) is 0 Å². The Bertz CT molecular complexity index is 707. The molecule has 1 amide bonds. The van der Waals surface area contributed by atoms with Crippen molar-refractivity contribution in [3.63, 3.8) is 0 Å². The van der Waals surface area contributed by atoms with E-state index in [1.54, 1.807) is 18.2 Å². The topological polar surface area (TPSA) is 61.4 Å². The minimum Gasteiger partial charge on any atom is -0.508 e. The fourth-order valence-corrected chi connectivity index (χ4v) is 2.33. The molecule has 0 fully saturated rings. The number of hydrogen-bond donors (Lipinski definition) is 3. The summed E-state index contributed by atoms with van der Waals surface area (Å²) < 4.78 is 0. The zero-order chi connectivity index (χ0) is 14.1. The molecule has 0 aromatic heterocycles. The lowest BCUT2D eigenvalue weighted by Crippen LogP contribution is -2.13. The van der Waals surface area contributed by atoms with Crippen LogP contribution in [0.1, 0.15) is 21.5 Å². The Morgan fingerprint density at radius 3 is 2.80 bits per heavy atom. The summed E-state index contributed by atoms with van der Waals surface area (Å²) in [5.41, 5.74) is 3.79. The average molecular weight is 266 g/mol. The molecule has 1 aliphatic heterocycles. The van der Waals surface area contributed by atoms with Crippen LogP contribution in [0.25, 0.3) is 5.70 Å². The van der Waals surface area contributed by atoms with Crippen molar-refractivity contribution in [2.45, 2.75) is 6.54 Å². The standard InChI is InChI=1S/C16H14N2O2/c1-10-13-6-3-7-14(15(13)16(20)18-10)17-9-11-4-2-5-12(19)8-11/h2-8,17,19H,1,9H2,(H,18,20). The van der Waals surface area contributed by atoms with Gasteiger partial charge in [0.15, 0.2) is 0 Å². The molecule has 0 aliphatic carbocycles. The van der Waals surface area contributed by atoms with Crippen molar-refractivity contribution in [2.24, 2.45) is 0 Å². The number of nitrogens with one attached hydrogen (secondary N) is 2. The molecule has 2 aromatic rings. The van der Waals surface area contributed by atoms with E-state index in [2.05, 4.69) is 17.2 Å². The number of amides is 1. The second-order valence-corrected chi connectivity index (χ2v) is 4.68. The number of carbonyl (C=O) groups is 1. The van der Waals surface area contributed by atoms with Crippen LogP contribution in [0.5, 0.6) is 5.75 Å². The SMILES string of the molecule is C=C1NC(=O)c2c(NCc3cccc(O)c3)cccc21. The van der Waals surface area contributed by atoms with Gasteiger partial charge in [0.2, 0.25) is 0 Å². The van der Waals surface area contributed by atoms with Crippen molar-refractivity contribution in [2.75, 3.05) is 5.32 Å². The molecule has 4 heteroatoms. The highest BCUT2D eigenvalue weighted by Crippen LogP contribution is 2.29. The number of benzene rings is 2. The van der Waals surface area contributed by atoms with Crippen molar-refractivity contribution < 1.29 is 9.90 Å². The monoisotopic (exact) mass is 266 g/mol. The fraction of sp³-hybridized carbons (Fsp3) is 0.0625. The van der Waals surface area contributed by atoms with Crippen molar-refractivity contribution >= 4 is 17.3 Å². The van der Waals surface area contributed by atoms with E-state index in [1.807, 2.05) is 24.3 Å². The normalized spacial score (nSPS) is 13.0. The minimum atomic E-state index is -0.135. The number of hydrogen-bond acceptors (Lipinski definition) is 3. The highest BCUT2D eigenvalue weighted by molar-refractivity contribution is 6.12. The van der Waals surface area contributed by atoms with E-state index in [0.717, 1.165) is 16.8 Å². The lowest BCUT2D eigenvalue weighted by molar-refractivity contribution is 0.0981. The van der Waals surface area contributed by atoms with Crippen LogP contribution in [0.4, 0.5) is 5.69 Å². The second kappa shape index (κ2) is 4.74. The van der Waals surface area contributed by atoms with Crippen molar-refractivity contribution in [1.82, 2.24) is 5.32 Å². The van der Waals surface area contributed by atoms with Gasteiger partial charge in [0.1, 0.15) is 5.75 Å². The number of phenolic OH excluding ortho intramolecular Hbond substituents is 1. The number of rotatable bonds is 3. The van der Waals surface area contributed by atoms with Crippen molar-refractivity contribution in [1.29, 1.82) is 0 Å². The number of aromatic hydroxyl groups is 1. The van der Waals surface area contributed by atoms with Crippen LogP contribution in [-0.2, 0) is 6.54 Å². The molecule has 20 heavy (non-hydrogen) atoms. The first kappa shape index (κ1) is 12.3. The zero-order valence-corrected chi connectivity index (χ0v) is 10.8. The van der Waals surface area contributed by atoms with E-state index in [-0.39, 0.29) is 11.7 Å². The molecule has 100 valence electrons. The van der Waals surface area contributed by atoms with E-state index in [4.69, 9.17) is 0 Å². The third-order valence-electron chi connectivity index (χ3n) is 3.27. The molecular weight excluding hydrogens is 252 g/mol. The van der Waals surface area contributed by atoms with Gasteiger partial charge in [0, 0.05) is 23.5 Å². The van der Waals surface area contributed by atoms with Crippen LogP contribution >= 0.6 is 0 Å². The van der Waals surface area contributed by atoms with E-state index in [9.17, 15) is 9.90 Å². The van der Waals surface area contributed by atoms with Gasteiger partial charge in [-0.1, -0.05) is 30.8 Å². The maximum atomic E-state index is 11.9. The fourth-order valence-electron chi connectivity index (χ4n) is 2.33. The predicted molar refractivity (Wildman–Crippen MR) is 78.4 cm³/mol. The summed E-state index contributed by atoms with van der Waals surface area (Å²) in [6.07, 6.45) is 0. The molecule has 0 bridgehead atoms. The molecule has 1 heterocycles. The summed E-state index contributed by atoms with van der Waals surface area (Å²) in [7, 11) is 0. The summed E-state index contributed by atoms with van der Waals surface area (Å²) in [5.74, 6) is 0.0951. The Labute approximate surface area is 116 Å². The number of fused-ring (bicyclic) bond motifs is 1. The van der Waals surface area contributed by atoms with Crippen LogP contribution in [0, 0.1) is 0 Å². The number of phenols is 1. The molecule has 0 unspecified atom stereocenters. The summed E-state index contributed by atoms with van der Waals surface area (Å²) in [6.45, 7) is 4.36. The predicted octanol–water partition coefficient (Wildman–Crippen LogP) is 2.72. The molecule has 0 atom stereocenters. The Hall–Kier alpha value is -2.75. The lowest BCUT2D eigenvalue weighted by atomic mass is 10.1. The Morgan fingerprint density at radius 1 is 1.20 bits per heavy atom. The smallest absolute Gasteiger partial charge is 0.258 e. The Morgan fingerprint density at radius 2 is 2.00 bits per heavy atom. The molecular formula is C16H14N2O2. The second-order valence-electron chi connectivity index (χ2n) is 4.68. The van der Waals surface area contributed by atoms with Gasteiger partial charge < -0.3 is 15.7 Å². The Kier molecular flexibility index (Phi) is 2.91. The summed E-state index contributed by atoms with van der Waals surface area (Å²) >= 11 is 0. The van der Waals surface area contributed by atoms with Crippen LogP contribution in [0.2, 0.25) is 0 Å².